The fourth-order valence-corrected chi connectivity index (χ4v) is 2.26. The second-order valence-corrected chi connectivity index (χ2v) is 5.07. The van der Waals surface area contributed by atoms with E-state index in [2.05, 4.69) is 0 Å². The SMILES string of the molecule is Cc1cc(C)n(CC(=O)c2ccc([N+](=O)[O-])cc2)c(=O)c1C#N. The number of ketones is 1. The largest absolute Gasteiger partial charge is 0.304 e. The van der Waals surface area contributed by atoms with E-state index in [4.69, 9.17) is 5.26 Å². The average Bonchev–Trinajstić information content (AvgIpc) is 2.51. The van der Waals surface area contributed by atoms with Gasteiger partial charge in [0.25, 0.3) is 11.2 Å². The van der Waals surface area contributed by atoms with Gasteiger partial charge in [0, 0.05) is 23.4 Å². The quantitative estimate of drug-likeness (QED) is 0.488. The van der Waals surface area contributed by atoms with Crippen molar-refractivity contribution in [1.82, 2.24) is 4.57 Å². The molecule has 0 atom stereocenters. The maximum absolute atomic E-state index is 12.3. The van der Waals surface area contributed by atoms with Crippen LogP contribution in [0.4, 0.5) is 5.69 Å². The molecule has 0 radical (unpaired) electrons. The highest BCUT2D eigenvalue weighted by molar-refractivity contribution is 5.96. The fraction of sp³-hybridized carbons (Fsp3) is 0.188. The van der Waals surface area contributed by atoms with Crippen molar-refractivity contribution >= 4 is 11.5 Å². The summed E-state index contributed by atoms with van der Waals surface area (Å²) in [6, 6.07) is 8.68. The Hall–Kier alpha value is -3.27. The van der Waals surface area contributed by atoms with Crippen LogP contribution in [0.1, 0.15) is 27.2 Å². The number of Topliss-reactive ketones (excluding diaryl/α,β-unsaturated/α-hetero) is 1. The Morgan fingerprint density at radius 2 is 1.91 bits per heavy atom. The first-order valence-corrected chi connectivity index (χ1v) is 6.74. The lowest BCUT2D eigenvalue weighted by Gasteiger charge is -2.11. The molecule has 0 bridgehead atoms. The first-order valence-electron chi connectivity index (χ1n) is 6.74. The zero-order chi connectivity index (χ0) is 17.1. The van der Waals surface area contributed by atoms with Crippen LogP contribution in [0.5, 0.6) is 0 Å². The molecular formula is C16H13N3O4. The molecule has 1 aromatic carbocycles. The van der Waals surface area contributed by atoms with Gasteiger partial charge in [0.2, 0.25) is 0 Å². The summed E-state index contributed by atoms with van der Waals surface area (Å²) in [5, 5.41) is 19.6. The fourth-order valence-electron chi connectivity index (χ4n) is 2.26. The molecule has 23 heavy (non-hydrogen) atoms. The Labute approximate surface area is 131 Å². The maximum Gasteiger partial charge on any atom is 0.269 e. The van der Waals surface area contributed by atoms with Crippen LogP contribution in [0.15, 0.2) is 35.1 Å². The Bertz CT molecular complexity index is 889. The van der Waals surface area contributed by atoms with E-state index in [1.165, 1.54) is 28.8 Å². The Balaban J connectivity index is 2.36. The van der Waals surface area contributed by atoms with Gasteiger partial charge >= 0.3 is 0 Å². The molecule has 0 aliphatic carbocycles. The molecule has 0 saturated carbocycles. The van der Waals surface area contributed by atoms with Crippen molar-refractivity contribution in [2.75, 3.05) is 0 Å². The number of nitro benzene ring substituents is 1. The number of aryl methyl sites for hydroxylation is 2. The van der Waals surface area contributed by atoms with Crippen molar-refractivity contribution in [2.24, 2.45) is 0 Å². The van der Waals surface area contributed by atoms with E-state index < -0.39 is 10.5 Å². The van der Waals surface area contributed by atoms with Gasteiger partial charge in [-0.1, -0.05) is 0 Å². The number of rotatable bonds is 4. The van der Waals surface area contributed by atoms with Crippen LogP contribution in [-0.4, -0.2) is 15.3 Å². The van der Waals surface area contributed by atoms with Crippen molar-refractivity contribution in [1.29, 1.82) is 5.26 Å². The van der Waals surface area contributed by atoms with Gasteiger partial charge in [-0.15, -0.1) is 0 Å². The highest BCUT2D eigenvalue weighted by Crippen LogP contribution is 2.13. The number of hydrogen-bond donors (Lipinski definition) is 0. The number of carbonyl (C=O) groups excluding carboxylic acids is 1. The summed E-state index contributed by atoms with van der Waals surface area (Å²) in [5.74, 6) is -0.363. The molecule has 0 fully saturated rings. The lowest BCUT2D eigenvalue weighted by molar-refractivity contribution is -0.384. The van der Waals surface area contributed by atoms with Crippen molar-refractivity contribution in [3.8, 4) is 6.07 Å². The third-order valence-electron chi connectivity index (χ3n) is 3.52. The summed E-state index contributed by atoms with van der Waals surface area (Å²) in [7, 11) is 0. The highest BCUT2D eigenvalue weighted by Gasteiger charge is 2.15. The van der Waals surface area contributed by atoms with Gasteiger partial charge in [-0.2, -0.15) is 5.26 Å². The summed E-state index contributed by atoms with van der Waals surface area (Å²) >= 11 is 0. The normalized spacial score (nSPS) is 10.1. The molecule has 0 aliphatic rings. The van der Waals surface area contributed by atoms with Crippen LogP contribution in [0.2, 0.25) is 0 Å². The lowest BCUT2D eigenvalue weighted by atomic mass is 10.1. The number of hydrogen-bond acceptors (Lipinski definition) is 5. The molecule has 0 aliphatic heterocycles. The van der Waals surface area contributed by atoms with Gasteiger partial charge in [0.15, 0.2) is 5.78 Å². The second kappa shape index (κ2) is 6.23. The van der Waals surface area contributed by atoms with Gasteiger partial charge < -0.3 is 4.57 Å². The van der Waals surface area contributed by atoms with E-state index in [1.54, 1.807) is 19.9 Å². The summed E-state index contributed by atoms with van der Waals surface area (Å²) in [4.78, 5) is 34.6. The third-order valence-corrected chi connectivity index (χ3v) is 3.52. The minimum absolute atomic E-state index is 0.00657. The number of non-ortho nitro benzene ring substituents is 1. The summed E-state index contributed by atoms with van der Waals surface area (Å²) < 4.78 is 1.23. The maximum atomic E-state index is 12.3. The first kappa shape index (κ1) is 16.1. The third kappa shape index (κ3) is 3.16. The minimum atomic E-state index is -0.554. The number of benzene rings is 1. The summed E-state index contributed by atoms with van der Waals surface area (Å²) in [5.41, 5.74) is 0.779. The number of nitrogens with zero attached hydrogens (tertiary/aromatic N) is 3. The molecule has 0 saturated heterocycles. The van der Waals surface area contributed by atoms with Crippen molar-refractivity contribution in [3.63, 3.8) is 0 Å². The average molecular weight is 311 g/mol. The number of nitro groups is 1. The van der Waals surface area contributed by atoms with E-state index in [0.29, 0.717) is 11.3 Å². The molecule has 7 nitrogen and oxygen atoms in total. The van der Waals surface area contributed by atoms with E-state index in [0.717, 1.165) is 0 Å². The van der Waals surface area contributed by atoms with Crippen LogP contribution >= 0.6 is 0 Å². The smallest absolute Gasteiger partial charge is 0.269 e. The molecule has 0 unspecified atom stereocenters. The molecule has 2 aromatic rings. The molecule has 116 valence electrons. The van der Waals surface area contributed by atoms with E-state index in [-0.39, 0.29) is 29.1 Å². The van der Waals surface area contributed by atoms with Gasteiger partial charge in [-0.05, 0) is 37.6 Å². The predicted molar refractivity (Wildman–Crippen MR) is 82.3 cm³/mol. The zero-order valence-electron chi connectivity index (χ0n) is 12.6. The van der Waals surface area contributed by atoms with Crippen LogP contribution in [0.3, 0.4) is 0 Å². The van der Waals surface area contributed by atoms with Crippen LogP contribution in [0.25, 0.3) is 0 Å². The van der Waals surface area contributed by atoms with Crippen LogP contribution < -0.4 is 5.56 Å². The second-order valence-electron chi connectivity index (χ2n) is 5.07. The first-order chi connectivity index (χ1) is 10.8. The molecule has 1 aromatic heterocycles. The molecule has 7 heteroatoms. The summed E-state index contributed by atoms with van der Waals surface area (Å²) in [6.45, 7) is 3.12. The minimum Gasteiger partial charge on any atom is -0.304 e. The number of aromatic nitrogens is 1. The van der Waals surface area contributed by atoms with Gasteiger partial charge in [0.1, 0.15) is 11.6 Å². The van der Waals surface area contributed by atoms with Crippen LogP contribution in [0, 0.1) is 35.3 Å². The molecule has 1 heterocycles. The Morgan fingerprint density at radius 1 is 1.30 bits per heavy atom. The highest BCUT2D eigenvalue weighted by atomic mass is 16.6. The molecule has 0 spiro atoms. The number of pyridine rings is 1. The zero-order valence-corrected chi connectivity index (χ0v) is 12.6. The molecule has 2 rings (SSSR count). The lowest BCUT2D eigenvalue weighted by Crippen LogP contribution is -2.28. The van der Waals surface area contributed by atoms with Crippen LogP contribution in [-0.2, 0) is 6.54 Å². The number of carbonyl (C=O) groups is 1. The van der Waals surface area contributed by atoms with Gasteiger partial charge in [0.05, 0.1) is 11.5 Å². The van der Waals surface area contributed by atoms with Crippen molar-refractivity contribution < 1.29 is 9.72 Å². The topological polar surface area (TPSA) is 106 Å². The van der Waals surface area contributed by atoms with E-state index in [9.17, 15) is 19.7 Å². The predicted octanol–water partition coefficient (Wildman–Crippen LogP) is 2.13. The van der Waals surface area contributed by atoms with Gasteiger partial charge in [-0.3, -0.25) is 19.7 Å². The number of nitriles is 1. The van der Waals surface area contributed by atoms with Gasteiger partial charge in [-0.25, -0.2) is 0 Å². The standard InChI is InChI=1S/C16H13N3O4/c1-10-7-11(2)18(16(21)14(10)8-17)9-15(20)12-3-5-13(6-4-12)19(22)23/h3-7H,9H2,1-2H3. The van der Waals surface area contributed by atoms with E-state index >= 15 is 0 Å². The van der Waals surface area contributed by atoms with E-state index in [1.807, 2.05) is 6.07 Å². The molecule has 0 amide bonds. The summed E-state index contributed by atoms with van der Waals surface area (Å²) in [6.07, 6.45) is 0. The monoisotopic (exact) mass is 311 g/mol. The van der Waals surface area contributed by atoms with Crippen molar-refractivity contribution in [3.05, 3.63) is 73.2 Å². The molecular weight excluding hydrogens is 298 g/mol. The Kier molecular flexibility index (Phi) is 4.37. The van der Waals surface area contributed by atoms with Crippen molar-refractivity contribution in [2.45, 2.75) is 20.4 Å². The molecule has 0 N–H and O–H groups in total. The Morgan fingerprint density at radius 3 is 2.43 bits per heavy atom.